The summed E-state index contributed by atoms with van der Waals surface area (Å²) in [5.41, 5.74) is 2.82. The molecule has 96 valence electrons. The molecule has 1 nitrogen and oxygen atoms in total. The average Bonchev–Trinajstić information content (AvgIpc) is 2.41. The van der Waals surface area contributed by atoms with Gasteiger partial charge >= 0.3 is 0 Å². The number of hydrogen-bond donors (Lipinski definition) is 0. The number of rotatable bonds is 3. The van der Waals surface area contributed by atoms with Gasteiger partial charge < -0.3 is 0 Å². The summed E-state index contributed by atoms with van der Waals surface area (Å²) >= 11 is 0. The van der Waals surface area contributed by atoms with Crippen molar-refractivity contribution in [3.8, 4) is 12.3 Å². The minimum absolute atomic E-state index is 0.297. The second-order valence-corrected chi connectivity index (χ2v) is 5.51. The van der Waals surface area contributed by atoms with E-state index >= 15 is 0 Å². The Kier molecular flexibility index (Phi) is 4.44. The van der Waals surface area contributed by atoms with Crippen LogP contribution in [0.2, 0.25) is 0 Å². The standard InChI is InChI=1S/C17H23N/c1-4-15(3)18-11-9-17(10-12-18)13-16-7-5-14(2)6-8-16/h1,5-8,15,17H,9-13H2,2-3H3. The maximum Gasteiger partial charge on any atom is 0.0683 e. The second kappa shape index (κ2) is 6.07. The average molecular weight is 241 g/mol. The van der Waals surface area contributed by atoms with E-state index < -0.39 is 0 Å². The van der Waals surface area contributed by atoms with E-state index in [0.717, 1.165) is 19.0 Å². The molecule has 0 aliphatic carbocycles. The van der Waals surface area contributed by atoms with Crippen LogP contribution < -0.4 is 0 Å². The fourth-order valence-electron chi connectivity index (χ4n) is 2.71. The predicted octanol–water partition coefficient (Wildman–Crippen LogP) is 3.27. The second-order valence-electron chi connectivity index (χ2n) is 5.51. The first-order chi connectivity index (χ1) is 8.69. The molecule has 1 heteroatoms. The highest BCUT2D eigenvalue weighted by Crippen LogP contribution is 2.22. The molecular formula is C17H23N. The van der Waals surface area contributed by atoms with Gasteiger partial charge in [-0.15, -0.1) is 6.42 Å². The number of nitrogens with zero attached hydrogens (tertiary/aromatic N) is 1. The van der Waals surface area contributed by atoms with Crippen molar-refractivity contribution in [3.63, 3.8) is 0 Å². The highest BCUT2D eigenvalue weighted by atomic mass is 15.1. The molecule has 1 aromatic carbocycles. The molecular weight excluding hydrogens is 218 g/mol. The highest BCUT2D eigenvalue weighted by molar-refractivity contribution is 5.21. The Morgan fingerprint density at radius 1 is 1.28 bits per heavy atom. The van der Waals surface area contributed by atoms with Crippen molar-refractivity contribution in [2.24, 2.45) is 5.92 Å². The van der Waals surface area contributed by atoms with Crippen LogP contribution in [0.25, 0.3) is 0 Å². The number of aryl methyl sites for hydroxylation is 1. The van der Waals surface area contributed by atoms with Crippen LogP contribution in [0.5, 0.6) is 0 Å². The summed E-state index contributed by atoms with van der Waals surface area (Å²) in [6.07, 6.45) is 9.26. The molecule has 0 radical (unpaired) electrons. The van der Waals surface area contributed by atoms with Gasteiger partial charge in [0.05, 0.1) is 6.04 Å². The van der Waals surface area contributed by atoms with Gasteiger partial charge in [-0.05, 0) is 57.7 Å². The summed E-state index contributed by atoms with van der Waals surface area (Å²) in [6.45, 7) is 6.58. The van der Waals surface area contributed by atoms with Crippen molar-refractivity contribution in [3.05, 3.63) is 35.4 Å². The monoisotopic (exact) mass is 241 g/mol. The smallest absolute Gasteiger partial charge is 0.0683 e. The van der Waals surface area contributed by atoms with E-state index in [4.69, 9.17) is 6.42 Å². The minimum Gasteiger partial charge on any atom is -0.290 e. The molecule has 1 aliphatic heterocycles. The third-order valence-corrected chi connectivity index (χ3v) is 4.08. The maximum absolute atomic E-state index is 5.48. The predicted molar refractivity (Wildman–Crippen MR) is 77.5 cm³/mol. The van der Waals surface area contributed by atoms with Crippen molar-refractivity contribution >= 4 is 0 Å². The van der Waals surface area contributed by atoms with Gasteiger partial charge in [0, 0.05) is 0 Å². The summed E-state index contributed by atoms with van der Waals surface area (Å²) in [5, 5.41) is 0. The van der Waals surface area contributed by atoms with Crippen molar-refractivity contribution in [1.82, 2.24) is 4.90 Å². The lowest BCUT2D eigenvalue weighted by Crippen LogP contribution is -2.39. The molecule has 1 aliphatic rings. The van der Waals surface area contributed by atoms with Gasteiger partial charge in [-0.3, -0.25) is 4.90 Å². The fraction of sp³-hybridized carbons (Fsp3) is 0.529. The summed E-state index contributed by atoms with van der Waals surface area (Å²) in [7, 11) is 0. The van der Waals surface area contributed by atoms with Gasteiger partial charge in [0.2, 0.25) is 0 Å². The lowest BCUT2D eigenvalue weighted by Gasteiger charge is -2.34. The summed E-state index contributed by atoms with van der Waals surface area (Å²) in [6, 6.07) is 9.26. The van der Waals surface area contributed by atoms with Gasteiger partial charge in [-0.25, -0.2) is 0 Å². The van der Waals surface area contributed by atoms with Gasteiger partial charge in [-0.1, -0.05) is 35.7 Å². The number of piperidine rings is 1. The number of likely N-dealkylation sites (tertiary alicyclic amines) is 1. The number of hydrogen-bond acceptors (Lipinski definition) is 1. The molecule has 2 rings (SSSR count). The van der Waals surface area contributed by atoms with Crippen LogP contribution in [0.4, 0.5) is 0 Å². The molecule has 0 amide bonds. The van der Waals surface area contributed by atoms with E-state index in [-0.39, 0.29) is 0 Å². The molecule has 0 bridgehead atoms. The van der Waals surface area contributed by atoms with E-state index in [9.17, 15) is 0 Å². The van der Waals surface area contributed by atoms with Crippen LogP contribution in [0.3, 0.4) is 0 Å². The molecule has 0 spiro atoms. The molecule has 1 fully saturated rings. The third kappa shape index (κ3) is 3.37. The zero-order valence-electron chi connectivity index (χ0n) is 11.5. The van der Waals surface area contributed by atoms with Crippen molar-refractivity contribution in [1.29, 1.82) is 0 Å². The molecule has 1 atom stereocenters. The van der Waals surface area contributed by atoms with Gasteiger partial charge in [0.1, 0.15) is 0 Å². The zero-order chi connectivity index (χ0) is 13.0. The molecule has 1 unspecified atom stereocenters. The number of benzene rings is 1. The Morgan fingerprint density at radius 2 is 1.89 bits per heavy atom. The number of terminal acetylenes is 1. The van der Waals surface area contributed by atoms with E-state index in [1.165, 1.54) is 30.4 Å². The molecule has 0 aromatic heterocycles. The van der Waals surface area contributed by atoms with E-state index in [1.54, 1.807) is 0 Å². The Hall–Kier alpha value is -1.26. The third-order valence-electron chi connectivity index (χ3n) is 4.08. The topological polar surface area (TPSA) is 3.24 Å². The lowest BCUT2D eigenvalue weighted by atomic mass is 9.89. The van der Waals surface area contributed by atoms with E-state index in [2.05, 4.69) is 48.9 Å². The normalized spacial score (nSPS) is 19.4. The van der Waals surface area contributed by atoms with Gasteiger partial charge in [0.25, 0.3) is 0 Å². The first-order valence-electron chi connectivity index (χ1n) is 6.95. The molecule has 0 saturated carbocycles. The molecule has 1 aromatic rings. The molecule has 18 heavy (non-hydrogen) atoms. The van der Waals surface area contributed by atoms with Crippen molar-refractivity contribution in [2.75, 3.05) is 13.1 Å². The van der Waals surface area contributed by atoms with Crippen LogP contribution in [-0.4, -0.2) is 24.0 Å². The Balaban J connectivity index is 1.84. The van der Waals surface area contributed by atoms with Gasteiger partial charge in [0.15, 0.2) is 0 Å². The maximum atomic E-state index is 5.48. The fourth-order valence-corrected chi connectivity index (χ4v) is 2.71. The molecule has 0 N–H and O–H groups in total. The van der Waals surface area contributed by atoms with Crippen molar-refractivity contribution in [2.45, 2.75) is 39.2 Å². The first-order valence-corrected chi connectivity index (χ1v) is 6.95. The first kappa shape index (κ1) is 13.2. The van der Waals surface area contributed by atoms with E-state index in [1.807, 2.05) is 0 Å². The van der Waals surface area contributed by atoms with E-state index in [0.29, 0.717) is 6.04 Å². The lowest BCUT2D eigenvalue weighted by molar-refractivity contribution is 0.166. The highest BCUT2D eigenvalue weighted by Gasteiger charge is 2.21. The Labute approximate surface area is 111 Å². The van der Waals surface area contributed by atoms with Gasteiger partial charge in [-0.2, -0.15) is 0 Å². The SMILES string of the molecule is C#CC(C)N1CCC(Cc2ccc(C)cc2)CC1. The minimum atomic E-state index is 0.297. The van der Waals surface area contributed by atoms with Crippen LogP contribution in [0.1, 0.15) is 30.9 Å². The Morgan fingerprint density at radius 3 is 2.44 bits per heavy atom. The summed E-state index contributed by atoms with van der Waals surface area (Å²) in [5.74, 6) is 3.66. The van der Waals surface area contributed by atoms with Crippen LogP contribution in [0, 0.1) is 25.2 Å². The van der Waals surface area contributed by atoms with Crippen molar-refractivity contribution < 1.29 is 0 Å². The quantitative estimate of drug-likeness (QED) is 0.734. The largest absolute Gasteiger partial charge is 0.290 e. The zero-order valence-corrected chi connectivity index (χ0v) is 11.5. The Bertz CT molecular complexity index is 404. The van der Waals surface area contributed by atoms with Crippen LogP contribution >= 0.6 is 0 Å². The van der Waals surface area contributed by atoms with Crippen LogP contribution in [0.15, 0.2) is 24.3 Å². The van der Waals surface area contributed by atoms with Crippen LogP contribution in [-0.2, 0) is 6.42 Å². The summed E-state index contributed by atoms with van der Waals surface area (Å²) < 4.78 is 0. The summed E-state index contributed by atoms with van der Waals surface area (Å²) in [4.78, 5) is 2.42. The molecule has 1 heterocycles. The molecule has 1 saturated heterocycles.